The molecule has 2 aromatic heterocycles. The van der Waals surface area contributed by atoms with E-state index in [9.17, 15) is 9.59 Å². The normalized spacial score (nSPS) is 16.6. The summed E-state index contributed by atoms with van der Waals surface area (Å²) >= 11 is 1.41. The van der Waals surface area contributed by atoms with Crippen LogP contribution in [0.1, 0.15) is 54.5 Å². The number of hydrogen-bond donors (Lipinski definition) is 1. The average Bonchev–Trinajstić information content (AvgIpc) is 3.46. The Morgan fingerprint density at radius 2 is 2.00 bits per heavy atom. The zero-order valence-corrected chi connectivity index (χ0v) is 17.9. The maximum atomic E-state index is 13.0. The first-order valence-electron chi connectivity index (χ1n) is 10.2. The Labute approximate surface area is 179 Å². The van der Waals surface area contributed by atoms with Gasteiger partial charge in [-0.15, -0.1) is 11.3 Å². The monoisotopic (exact) mass is 423 g/mol. The Morgan fingerprint density at radius 1 is 1.20 bits per heavy atom. The van der Waals surface area contributed by atoms with Gasteiger partial charge in [0.2, 0.25) is 11.8 Å². The lowest BCUT2D eigenvalue weighted by Gasteiger charge is -2.34. The Bertz CT molecular complexity index is 1010. The van der Waals surface area contributed by atoms with Gasteiger partial charge in [0, 0.05) is 23.7 Å². The number of carbonyl (C=O) groups is 2. The molecule has 3 aromatic rings. The van der Waals surface area contributed by atoms with Crippen molar-refractivity contribution in [3.05, 3.63) is 58.6 Å². The van der Waals surface area contributed by atoms with Gasteiger partial charge in [0.15, 0.2) is 0 Å². The highest BCUT2D eigenvalue weighted by Crippen LogP contribution is 2.26. The van der Waals surface area contributed by atoms with Gasteiger partial charge in [-0.1, -0.05) is 19.9 Å². The van der Waals surface area contributed by atoms with Crippen molar-refractivity contribution in [1.82, 2.24) is 9.88 Å². The first kappa shape index (κ1) is 20.3. The number of oxazole rings is 1. The molecule has 0 spiro atoms. The van der Waals surface area contributed by atoms with Gasteiger partial charge in [-0.25, -0.2) is 4.98 Å². The lowest BCUT2D eigenvalue weighted by molar-refractivity contribution is -0.121. The van der Waals surface area contributed by atoms with Crippen molar-refractivity contribution in [1.29, 1.82) is 0 Å². The summed E-state index contributed by atoms with van der Waals surface area (Å²) in [6, 6.07) is 10.6. The van der Waals surface area contributed by atoms with Gasteiger partial charge in [0.05, 0.1) is 11.1 Å². The summed E-state index contributed by atoms with van der Waals surface area (Å²) in [4.78, 5) is 32.5. The van der Waals surface area contributed by atoms with E-state index in [4.69, 9.17) is 4.42 Å². The van der Waals surface area contributed by atoms with Gasteiger partial charge in [-0.2, -0.15) is 0 Å². The Morgan fingerprint density at radius 3 is 2.67 bits per heavy atom. The van der Waals surface area contributed by atoms with Crippen LogP contribution >= 0.6 is 11.3 Å². The van der Waals surface area contributed by atoms with Crippen molar-refractivity contribution in [2.75, 3.05) is 11.9 Å². The Hall–Kier alpha value is -2.93. The zero-order chi connectivity index (χ0) is 21.1. The molecule has 1 aliphatic rings. The minimum atomic E-state index is -0.451. The molecule has 0 aliphatic carbocycles. The first-order valence-corrected chi connectivity index (χ1v) is 11.1. The van der Waals surface area contributed by atoms with Crippen LogP contribution in [-0.2, 0) is 4.79 Å². The molecular formula is C23H25N3O3S. The molecule has 156 valence electrons. The molecular weight excluding hydrogens is 398 g/mol. The molecule has 1 aromatic carbocycles. The molecule has 0 radical (unpaired) electrons. The fourth-order valence-corrected chi connectivity index (χ4v) is 4.28. The van der Waals surface area contributed by atoms with Gasteiger partial charge in [-0.3, -0.25) is 9.59 Å². The van der Waals surface area contributed by atoms with Gasteiger partial charge in [-0.05, 0) is 55.0 Å². The summed E-state index contributed by atoms with van der Waals surface area (Å²) < 4.78 is 5.78. The Balaban J connectivity index is 1.45. The third-order valence-corrected chi connectivity index (χ3v) is 6.15. The molecule has 3 heterocycles. The lowest BCUT2D eigenvalue weighted by atomic mass is 10.0. The topological polar surface area (TPSA) is 75.4 Å². The molecule has 7 heteroatoms. The van der Waals surface area contributed by atoms with E-state index in [2.05, 4.69) is 24.1 Å². The third-order valence-electron chi connectivity index (χ3n) is 5.29. The highest BCUT2D eigenvalue weighted by atomic mass is 32.1. The van der Waals surface area contributed by atoms with Crippen molar-refractivity contribution >= 4 is 28.8 Å². The van der Waals surface area contributed by atoms with Gasteiger partial charge in [0.25, 0.3) is 5.91 Å². The van der Waals surface area contributed by atoms with Crippen LogP contribution in [0.15, 0.2) is 52.4 Å². The minimum Gasteiger partial charge on any atom is -0.441 e. The molecule has 1 unspecified atom stereocenters. The SMILES string of the molecule is CC(C)c1cnc(-c2ccc(NC(=O)C3CCCCN3C(=O)c3cccs3)cc2)o1. The molecule has 1 aliphatic heterocycles. The smallest absolute Gasteiger partial charge is 0.264 e. The van der Waals surface area contributed by atoms with Gasteiger partial charge < -0.3 is 14.6 Å². The molecule has 0 bridgehead atoms. The molecule has 6 nitrogen and oxygen atoms in total. The maximum Gasteiger partial charge on any atom is 0.264 e. The van der Waals surface area contributed by atoms with Crippen LogP contribution in [0, 0.1) is 0 Å². The molecule has 1 N–H and O–H groups in total. The highest BCUT2D eigenvalue weighted by molar-refractivity contribution is 7.12. The maximum absolute atomic E-state index is 13.0. The number of likely N-dealkylation sites (tertiary alicyclic amines) is 1. The van der Waals surface area contributed by atoms with E-state index < -0.39 is 6.04 Å². The van der Waals surface area contributed by atoms with Crippen LogP contribution in [0.2, 0.25) is 0 Å². The summed E-state index contributed by atoms with van der Waals surface area (Å²) in [6.45, 7) is 4.72. The predicted octanol–water partition coefficient (Wildman–Crippen LogP) is 5.16. The number of hydrogen-bond acceptors (Lipinski definition) is 5. The number of aromatic nitrogens is 1. The van der Waals surface area contributed by atoms with E-state index >= 15 is 0 Å². The molecule has 1 atom stereocenters. The van der Waals surface area contributed by atoms with Crippen LogP contribution in [-0.4, -0.2) is 34.3 Å². The molecule has 0 saturated carbocycles. The Kier molecular flexibility index (Phi) is 5.99. The quantitative estimate of drug-likeness (QED) is 0.615. The van der Waals surface area contributed by atoms with Crippen LogP contribution in [0.4, 0.5) is 5.69 Å². The summed E-state index contributed by atoms with van der Waals surface area (Å²) in [5, 5.41) is 4.84. The third kappa shape index (κ3) is 4.31. The number of carbonyl (C=O) groups excluding carboxylic acids is 2. The van der Waals surface area contributed by atoms with Crippen LogP contribution in [0.25, 0.3) is 11.5 Å². The minimum absolute atomic E-state index is 0.0648. The zero-order valence-electron chi connectivity index (χ0n) is 17.1. The number of thiophene rings is 1. The summed E-state index contributed by atoms with van der Waals surface area (Å²) in [6.07, 6.45) is 4.28. The number of rotatable bonds is 5. The molecule has 1 fully saturated rings. The van der Waals surface area contributed by atoms with Gasteiger partial charge in [0.1, 0.15) is 11.8 Å². The predicted molar refractivity (Wildman–Crippen MR) is 118 cm³/mol. The van der Waals surface area contributed by atoms with Crippen molar-refractivity contribution < 1.29 is 14.0 Å². The van der Waals surface area contributed by atoms with Crippen LogP contribution in [0.3, 0.4) is 0 Å². The van der Waals surface area contributed by atoms with E-state index in [0.717, 1.165) is 24.2 Å². The van der Waals surface area contributed by atoms with Gasteiger partial charge >= 0.3 is 0 Å². The van der Waals surface area contributed by atoms with Crippen molar-refractivity contribution in [2.24, 2.45) is 0 Å². The fourth-order valence-electron chi connectivity index (χ4n) is 3.60. The lowest BCUT2D eigenvalue weighted by Crippen LogP contribution is -2.49. The second-order valence-electron chi connectivity index (χ2n) is 7.78. The second kappa shape index (κ2) is 8.83. The van der Waals surface area contributed by atoms with Crippen LogP contribution < -0.4 is 5.32 Å². The highest BCUT2D eigenvalue weighted by Gasteiger charge is 2.33. The number of anilines is 1. The number of nitrogens with zero attached hydrogens (tertiary/aromatic N) is 2. The molecule has 2 amide bonds. The van der Waals surface area contributed by atoms with E-state index in [1.165, 1.54) is 11.3 Å². The standard InChI is InChI=1S/C23H25N3O3S/c1-15(2)19-14-24-22(29-19)16-8-10-17(11-9-16)25-21(27)18-6-3-4-12-26(18)23(28)20-7-5-13-30-20/h5,7-11,13-15,18H,3-4,6,12H2,1-2H3,(H,25,27). The molecule has 30 heavy (non-hydrogen) atoms. The van der Waals surface area contributed by atoms with E-state index in [-0.39, 0.29) is 17.7 Å². The number of benzene rings is 1. The number of piperidine rings is 1. The first-order chi connectivity index (χ1) is 14.5. The van der Waals surface area contributed by atoms with E-state index in [1.807, 2.05) is 41.8 Å². The summed E-state index contributed by atoms with van der Waals surface area (Å²) in [5.74, 6) is 1.47. The summed E-state index contributed by atoms with van der Waals surface area (Å²) in [5.41, 5.74) is 1.54. The largest absolute Gasteiger partial charge is 0.441 e. The van der Waals surface area contributed by atoms with Crippen molar-refractivity contribution in [3.8, 4) is 11.5 Å². The fraction of sp³-hybridized carbons (Fsp3) is 0.348. The van der Waals surface area contributed by atoms with Crippen molar-refractivity contribution in [3.63, 3.8) is 0 Å². The van der Waals surface area contributed by atoms with E-state index in [1.54, 1.807) is 11.1 Å². The number of amides is 2. The molecule has 4 rings (SSSR count). The molecule has 1 saturated heterocycles. The van der Waals surface area contributed by atoms with Crippen LogP contribution in [0.5, 0.6) is 0 Å². The average molecular weight is 424 g/mol. The number of nitrogens with one attached hydrogen (secondary N) is 1. The van der Waals surface area contributed by atoms with Crippen molar-refractivity contribution in [2.45, 2.75) is 45.1 Å². The second-order valence-corrected chi connectivity index (χ2v) is 8.72. The summed E-state index contributed by atoms with van der Waals surface area (Å²) in [7, 11) is 0. The van der Waals surface area contributed by atoms with E-state index in [0.29, 0.717) is 29.4 Å².